The lowest BCUT2D eigenvalue weighted by Gasteiger charge is -2.22. The third kappa shape index (κ3) is 2.69. The molecule has 0 aliphatic carbocycles. The first-order chi connectivity index (χ1) is 9.75. The van der Waals surface area contributed by atoms with Gasteiger partial charge < -0.3 is 14.6 Å². The number of nitrogens with one attached hydrogen (secondary N) is 1. The Hall–Kier alpha value is -1.46. The van der Waals surface area contributed by atoms with Crippen molar-refractivity contribution in [2.75, 3.05) is 19.7 Å². The van der Waals surface area contributed by atoms with E-state index in [2.05, 4.69) is 10.3 Å². The number of piperidine rings is 1. The van der Waals surface area contributed by atoms with Crippen LogP contribution >= 0.6 is 0 Å². The lowest BCUT2D eigenvalue weighted by Crippen LogP contribution is -2.32. The molecule has 0 unspecified atom stereocenters. The van der Waals surface area contributed by atoms with Crippen LogP contribution in [0.25, 0.3) is 11.0 Å². The minimum Gasteiger partial charge on any atom is -0.378 e. The maximum Gasteiger partial charge on any atom is 0.151 e. The van der Waals surface area contributed by atoms with Crippen molar-refractivity contribution in [2.24, 2.45) is 7.05 Å². The second-order valence-electron chi connectivity index (χ2n) is 5.26. The van der Waals surface area contributed by atoms with Crippen LogP contribution in [-0.4, -0.2) is 35.4 Å². The molecule has 1 aromatic carbocycles. The molecular weight excluding hydrogens is 257 g/mol. The Balaban J connectivity index is 1.65. The maximum atomic E-state index is 13.7. The molecule has 0 bridgehead atoms. The summed E-state index contributed by atoms with van der Waals surface area (Å²) in [6, 6.07) is 5.06. The average molecular weight is 277 g/mol. The van der Waals surface area contributed by atoms with E-state index >= 15 is 0 Å². The van der Waals surface area contributed by atoms with Crippen LogP contribution in [0.2, 0.25) is 0 Å². The van der Waals surface area contributed by atoms with Gasteiger partial charge in [0, 0.05) is 13.5 Å². The van der Waals surface area contributed by atoms with Gasteiger partial charge in [-0.3, -0.25) is 0 Å². The molecule has 0 radical (unpaired) electrons. The van der Waals surface area contributed by atoms with E-state index in [0.29, 0.717) is 24.6 Å². The van der Waals surface area contributed by atoms with Gasteiger partial charge >= 0.3 is 0 Å². The number of imidazole rings is 1. The van der Waals surface area contributed by atoms with Gasteiger partial charge in [-0.15, -0.1) is 0 Å². The van der Waals surface area contributed by atoms with E-state index in [9.17, 15) is 4.39 Å². The molecule has 1 aliphatic heterocycles. The van der Waals surface area contributed by atoms with E-state index in [1.54, 1.807) is 6.07 Å². The van der Waals surface area contributed by atoms with E-state index < -0.39 is 0 Å². The molecule has 0 spiro atoms. The Morgan fingerprint density at radius 1 is 1.40 bits per heavy atom. The smallest absolute Gasteiger partial charge is 0.151 e. The molecule has 1 N–H and O–H groups in total. The number of aromatic nitrogens is 2. The molecule has 20 heavy (non-hydrogen) atoms. The fourth-order valence-corrected chi connectivity index (χ4v) is 2.73. The molecule has 1 aromatic heterocycles. The third-order valence-corrected chi connectivity index (χ3v) is 3.92. The molecule has 3 rings (SSSR count). The maximum absolute atomic E-state index is 13.7. The zero-order chi connectivity index (χ0) is 13.9. The van der Waals surface area contributed by atoms with Crippen molar-refractivity contribution in [3.8, 4) is 0 Å². The number of ether oxygens (including phenoxy) is 1. The van der Waals surface area contributed by atoms with Crippen LogP contribution in [0.5, 0.6) is 0 Å². The van der Waals surface area contributed by atoms with Gasteiger partial charge in [0.25, 0.3) is 0 Å². The van der Waals surface area contributed by atoms with E-state index in [1.807, 2.05) is 17.7 Å². The molecule has 0 saturated carbocycles. The van der Waals surface area contributed by atoms with Crippen LogP contribution in [-0.2, 0) is 18.2 Å². The second kappa shape index (κ2) is 5.89. The second-order valence-corrected chi connectivity index (χ2v) is 5.26. The normalized spacial score (nSPS) is 16.9. The van der Waals surface area contributed by atoms with E-state index in [0.717, 1.165) is 37.3 Å². The van der Waals surface area contributed by atoms with Gasteiger partial charge in [-0.05, 0) is 38.1 Å². The number of fused-ring (bicyclic) bond motifs is 1. The first-order valence-corrected chi connectivity index (χ1v) is 7.18. The standard InChI is InChI=1S/C15H20FN3O/c1-19-13-4-2-3-12(16)15(13)18-14(19)7-10-20-11-5-8-17-9-6-11/h2-4,11,17H,5-10H2,1H3. The minimum absolute atomic E-state index is 0.261. The number of hydrogen-bond donors (Lipinski definition) is 1. The average Bonchev–Trinajstić information content (AvgIpc) is 2.79. The molecule has 0 amide bonds. The predicted molar refractivity (Wildman–Crippen MR) is 76.2 cm³/mol. The summed E-state index contributed by atoms with van der Waals surface area (Å²) < 4.78 is 21.5. The van der Waals surface area contributed by atoms with Gasteiger partial charge in [-0.1, -0.05) is 6.07 Å². The summed E-state index contributed by atoms with van der Waals surface area (Å²) >= 11 is 0. The summed E-state index contributed by atoms with van der Waals surface area (Å²) in [4.78, 5) is 4.39. The Bertz CT molecular complexity index is 590. The molecule has 1 aliphatic rings. The SMILES string of the molecule is Cn1c(CCOC2CCNCC2)nc2c(F)cccc21. The molecule has 4 nitrogen and oxygen atoms in total. The Morgan fingerprint density at radius 3 is 2.95 bits per heavy atom. The first kappa shape index (κ1) is 13.5. The number of halogens is 1. The number of aryl methyl sites for hydroxylation is 1. The number of rotatable bonds is 4. The minimum atomic E-state index is -0.261. The molecule has 108 valence electrons. The molecular formula is C15H20FN3O. The quantitative estimate of drug-likeness (QED) is 0.929. The number of para-hydroxylation sites is 1. The van der Waals surface area contributed by atoms with Gasteiger partial charge in [0.2, 0.25) is 0 Å². The summed E-state index contributed by atoms with van der Waals surface area (Å²) in [5.41, 5.74) is 1.29. The highest BCUT2D eigenvalue weighted by Gasteiger charge is 2.14. The topological polar surface area (TPSA) is 39.1 Å². The summed E-state index contributed by atoms with van der Waals surface area (Å²) in [7, 11) is 1.93. The van der Waals surface area contributed by atoms with Crippen LogP contribution in [0.15, 0.2) is 18.2 Å². The van der Waals surface area contributed by atoms with Crippen LogP contribution in [0, 0.1) is 5.82 Å². The van der Waals surface area contributed by atoms with Gasteiger partial charge in [0.15, 0.2) is 5.82 Å². The zero-order valence-electron chi connectivity index (χ0n) is 11.7. The molecule has 5 heteroatoms. The van der Waals surface area contributed by atoms with Crippen molar-refractivity contribution in [2.45, 2.75) is 25.4 Å². The lowest BCUT2D eigenvalue weighted by atomic mass is 10.1. The fourth-order valence-electron chi connectivity index (χ4n) is 2.73. The van der Waals surface area contributed by atoms with Crippen molar-refractivity contribution >= 4 is 11.0 Å². The highest BCUT2D eigenvalue weighted by atomic mass is 19.1. The monoisotopic (exact) mass is 277 g/mol. The summed E-state index contributed by atoms with van der Waals surface area (Å²) in [6.45, 7) is 2.70. The van der Waals surface area contributed by atoms with Crippen molar-refractivity contribution in [1.82, 2.24) is 14.9 Å². The number of nitrogens with zero attached hydrogens (tertiary/aromatic N) is 2. The first-order valence-electron chi connectivity index (χ1n) is 7.18. The van der Waals surface area contributed by atoms with Crippen molar-refractivity contribution in [3.05, 3.63) is 29.8 Å². The molecule has 1 saturated heterocycles. The summed E-state index contributed by atoms with van der Waals surface area (Å²) in [6.07, 6.45) is 3.20. The van der Waals surface area contributed by atoms with E-state index in [-0.39, 0.29) is 5.82 Å². The molecule has 2 aromatic rings. The summed E-state index contributed by atoms with van der Waals surface area (Å²) in [5, 5.41) is 3.32. The van der Waals surface area contributed by atoms with Crippen molar-refractivity contribution < 1.29 is 9.13 Å². The Morgan fingerprint density at radius 2 is 2.20 bits per heavy atom. The van der Waals surface area contributed by atoms with E-state index in [1.165, 1.54) is 6.07 Å². The fraction of sp³-hybridized carbons (Fsp3) is 0.533. The zero-order valence-corrected chi connectivity index (χ0v) is 11.7. The highest BCUT2D eigenvalue weighted by Crippen LogP contribution is 2.18. The molecule has 1 fully saturated rings. The molecule has 0 atom stereocenters. The van der Waals surface area contributed by atoms with Crippen LogP contribution in [0.3, 0.4) is 0 Å². The van der Waals surface area contributed by atoms with Gasteiger partial charge in [0.1, 0.15) is 11.3 Å². The predicted octanol–water partition coefficient (Wildman–Crippen LogP) is 2.02. The largest absolute Gasteiger partial charge is 0.378 e. The number of benzene rings is 1. The van der Waals surface area contributed by atoms with Gasteiger partial charge in [0.05, 0.1) is 18.2 Å². The third-order valence-electron chi connectivity index (χ3n) is 3.92. The lowest BCUT2D eigenvalue weighted by molar-refractivity contribution is 0.0340. The highest BCUT2D eigenvalue weighted by molar-refractivity contribution is 5.76. The van der Waals surface area contributed by atoms with Crippen molar-refractivity contribution in [3.63, 3.8) is 0 Å². The Labute approximate surface area is 117 Å². The number of hydrogen-bond acceptors (Lipinski definition) is 3. The van der Waals surface area contributed by atoms with Crippen LogP contribution in [0.4, 0.5) is 4.39 Å². The molecule has 2 heterocycles. The summed E-state index contributed by atoms with van der Waals surface area (Å²) in [5.74, 6) is 0.614. The van der Waals surface area contributed by atoms with Crippen LogP contribution in [0.1, 0.15) is 18.7 Å². The van der Waals surface area contributed by atoms with Gasteiger partial charge in [-0.25, -0.2) is 9.37 Å². The Kier molecular flexibility index (Phi) is 3.98. The van der Waals surface area contributed by atoms with Gasteiger partial charge in [-0.2, -0.15) is 0 Å². The van der Waals surface area contributed by atoms with E-state index in [4.69, 9.17) is 4.74 Å². The van der Waals surface area contributed by atoms with Crippen molar-refractivity contribution in [1.29, 1.82) is 0 Å². The van der Waals surface area contributed by atoms with Crippen LogP contribution < -0.4 is 5.32 Å².